The summed E-state index contributed by atoms with van der Waals surface area (Å²) in [5, 5.41) is 2.88. The molecule has 7 heteroatoms. The van der Waals surface area contributed by atoms with Crippen LogP contribution in [0.4, 0.5) is 5.69 Å². The number of anilines is 1. The minimum absolute atomic E-state index is 0.101. The standard InChI is InChI=1S/C27H36N3O4/c1-21-17-22(2)26(23(3)18-21)30-11-10-29(20-30)19-24-5-7-25(8-6-24)27(31)28-9-12-33-15-16-34-14-13-32-4/h5-8,10-11,17-18,20H,9,12-16,19H2,1-4H3,(H,28,31). The van der Waals surface area contributed by atoms with Gasteiger partial charge in [0.1, 0.15) is 6.67 Å². The van der Waals surface area contributed by atoms with Gasteiger partial charge in [-0.1, -0.05) is 29.8 Å². The van der Waals surface area contributed by atoms with Crippen molar-refractivity contribution in [1.82, 2.24) is 10.2 Å². The molecule has 2 aromatic carbocycles. The lowest BCUT2D eigenvalue weighted by molar-refractivity contribution is 0.0255. The van der Waals surface area contributed by atoms with Crippen molar-refractivity contribution in [2.45, 2.75) is 27.3 Å². The number of rotatable bonds is 13. The fourth-order valence-electron chi connectivity index (χ4n) is 3.98. The van der Waals surface area contributed by atoms with Gasteiger partial charge in [-0.15, -0.1) is 0 Å². The molecule has 7 nitrogen and oxygen atoms in total. The largest absolute Gasteiger partial charge is 0.382 e. The van der Waals surface area contributed by atoms with Gasteiger partial charge < -0.3 is 29.3 Å². The zero-order chi connectivity index (χ0) is 24.3. The average Bonchev–Trinajstić information content (AvgIpc) is 3.25. The molecule has 2 aromatic rings. The van der Waals surface area contributed by atoms with Crippen molar-refractivity contribution in [3.05, 3.63) is 83.3 Å². The van der Waals surface area contributed by atoms with Crippen LogP contribution in [0.5, 0.6) is 0 Å². The van der Waals surface area contributed by atoms with E-state index in [1.54, 1.807) is 7.11 Å². The van der Waals surface area contributed by atoms with Gasteiger partial charge in [0.25, 0.3) is 5.91 Å². The molecule has 0 spiro atoms. The molecule has 0 atom stereocenters. The Balaban J connectivity index is 1.39. The van der Waals surface area contributed by atoms with E-state index in [1.807, 2.05) is 24.3 Å². The van der Waals surface area contributed by atoms with Crippen molar-refractivity contribution in [2.75, 3.05) is 51.6 Å². The normalized spacial score (nSPS) is 13.1. The zero-order valence-corrected chi connectivity index (χ0v) is 20.7. The van der Waals surface area contributed by atoms with Gasteiger partial charge in [-0.05, 0) is 49.6 Å². The number of nitrogens with zero attached hydrogens (tertiary/aromatic N) is 2. The van der Waals surface area contributed by atoms with Crippen LogP contribution in [0.1, 0.15) is 32.6 Å². The number of methoxy groups -OCH3 is 1. The molecule has 0 saturated heterocycles. The first-order valence-corrected chi connectivity index (χ1v) is 11.6. The molecule has 1 aliphatic heterocycles. The highest BCUT2D eigenvalue weighted by Gasteiger charge is 2.18. The lowest BCUT2D eigenvalue weighted by Crippen LogP contribution is -2.27. The molecule has 1 amide bonds. The summed E-state index contributed by atoms with van der Waals surface area (Å²) >= 11 is 0. The van der Waals surface area contributed by atoms with E-state index in [4.69, 9.17) is 14.2 Å². The first kappa shape index (κ1) is 25.7. The van der Waals surface area contributed by atoms with Crippen LogP contribution >= 0.6 is 0 Å². The topological polar surface area (TPSA) is 63.3 Å². The summed E-state index contributed by atoms with van der Waals surface area (Å²) in [7, 11) is 1.64. The minimum atomic E-state index is -0.101. The van der Waals surface area contributed by atoms with Crippen LogP contribution in [-0.2, 0) is 20.8 Å². The molecule has 0 aliphatic carbocycles. The van der Waals surface area contributed by atoms with E-state index < -0.39 is 0 Å². The highest BCUT2D eigenvalue weighted by molar-refractivity contribution is 5.94. The molecule has 34 heavy (non-hydrogen) atoms. The Morgan fingerprint density at radius 3 is 2.21 bits per heavy atom. The van der Waals surface area contributed by atoms with Crippen molar-refractivity contribution in [3.63, 3.8) is 0 Å². The monoisotopic (exact) mass is 466 g/mol. The van der Waals surface area contributed by atoms with Crippen molar-refractivity contribution in [1.29, 1.82) is 0 Å². The molecule has 3 rings (SSSR count). The number of aryl methyl sites for hydroxylation is 3. The van der Waals surface area contributed by atoms with Crippen molar-refractivity contribution >= 4 is 11.6 Å². The molecule has 1 N–H and O–H groups in total. The Labute approximate surface area is 203 Å². The molecule has 1 heterocycles. The zero-order valence-electron chi connectivity index (χ0n) is 20.7. The predicted molar refractivity (Wildman–Crippen MR) is 134 cm³/mol. The van der Waals surface area contributed by atoms with Crippen LogP contribution in [0.2, 0.25) is 0 Å². The van der Waals surface area contributed by atoms with Gasteiger partial charge >= 0.3 is 0 Å². The predicted octanol–water partition coefficient (Wildman–Crippen LogP) is 3.93. The van der Waals surface area contributed by atoms with E-state index in [0.29, 0.717) is 45.1 Å². The van der Waals surface area contributed by atoms with Crippen molar-refractivity contribution < 1.29 is 19.0 Å². The van der Waals surface area contributed by atoms with E-state index >= 15 is 0 Å². The fraction of sp³-hybridized carbons (Fsp3) is 0.407. The maximum absolute atomic E-state index is 12.4. The summed E-state index contributed by atoms with van der Waals surface area (Å²) in [5.74, 6) is -0.101. The summed E-state index contributed by atoms with van der Waals surface area (Å²) in [6, 6.07) is 12.1. The van der Waals surface area contributed by atoms with E-state index in [2.05, 4.69) is 67.1 Å². The number of nitrogens with one attached hydrogen (secondary N) is 1. The smallest absolute Gasteiger partial charge is 0.251 e. The van der Waals surface area contributed by atoms with Gasteiger partial charge in [0, 0.05) is 43.9 Å². The van der Waals surface area contributed by atoms with Gasteiger partial charge in [0.15, 0.2) is 0 Å². The SMILES string of the molecule is COCCOCCOCCNC(=O)c1ccc(CN2[CH]N(c3c(C)cc(C)cc3C)C=C2)cc1. The molecule has 1 radical (unpaired) electrons. The second-order valence-corrected chi connectivity index (χ2v) is 8.41. The van der Waals surface area contributed by atoms with Gasteiger partial charge in [-0.3, -0.25) is 4.79 Å². The molecular formula is C27H36N3O4. The third-order valence-electron chi connectivity index (χ3n) is 5.50. The van der Waals surface area contributed by atoms with E-state index in [0.717, 1.165) is 12.1 Å². The minimum Gasteiger partial charge on any atom is -0.382 e. The molecule has 0 saturated carbocycles. The fourth-order valence-corrected chi connectivity index (χ4v) is 3.98. The summed E-state index contributed by atoms with van der Waals surface area (Å²) in [6.07, 6.45) is 4.16. The quantitative estimate of drug-likeness (QED) is 0.451. The van der Waals surface area contributed by atoms with Gasteiger partial charge in [0.2, 0.25) is 0 Å². The first-order valence-electron chi connectivity index (χ1n) is 11.6. The van der Waals surface area contributed by atoms with Gasteiger partial charge in [0.05, 0.1) is 33.0 Å². The highest BCUT2D eigenvalue weighted by atomic mass is 16.5. The molecule has 0 fully saturated rings. The number of hydrogen-bond donors (Lipinski definition) is 1. The molecular weight excluding hydrogens is 430 g/mol. The number of hydrogen-bond acceptors (Lipinski definition) is 6. The van der Waals surface area contributed by atoms with Gasteiger partial charge in [-0.2, -0.15) is 0 Å². The number of benzene rings is 2. The number of carbonyl (C=O) groups is 1. The van der Waals surface area contributed by atoms with Crippen molar-refractivity contribution in [2.24, 2.45) is 0 Å². The first-order chi connectivity index (χ1) is 16.5. The van der Waals surface area contributed by atoms with E-state index in [9.17, 15) is 4.79 Å². The van der Waals surface area contributed by atoms with E-state index in [-0.39, 0.29) is 5.91 Å². The number of amides is 1. The maximum Gasteiger partial charge on any atom is 0.251 e. The van der Waals surface area contributed by atoms with Crippen LogP contribution in [0.3, 0.4) is 0 Å². The summed E-state index contributed by atoms with van der Waals surface area (Å²) < 4.78 is 15.7. The maximum atomic E-state index is 12.4. The Hall–Kier alpha value is -2.87. The third kappa shape index (κ3) is 7.58. The van der Waals surface area contributed by atoms with Crippen molar-refractivity contribution in [3.8, 4) is 0 Å². The van der Waals surface area contributed by atoms with Crippen LogP contribution < -0.4 is 10.2 Å². The molecule has 0 bridgehead atoms. The van der Waals surface area contributed by atoms with E-state index in [1.165, 1.54) is 22.4 Å². The number of carbonyl (C=O) groups excluding carboxylic acids is 1. The van der Waals surface area contributed by atoms with Crippen LogP contribution in [0.15, 0.2) is 48.8 Å². The highest BCUT2D eigenvalue weighted by Crippen LogP contribution is 2.30. The Bertz CT molecular complexity index is 936. The van der Waals surface area contributed by atoms with Crippen LogP contribution in [0.25, 0.3) is 0 Å². The third-order valence-corrected chi connectivity index (χ3v) is 5.50. The Kier molecular flexibility index (Phi) is 9.94. The molecule has 1 aliphatic rings. The summed E-state index contributed by atoms with van der Waals surface area (Å²) in [5.41, 5.74) is 6.79. The summed E-state index contributed by atoms with van der Waals surface area (Å²) in [4.78, 5) is 16.7. The number of ether oxygens (including phenoxy) is 3. The second-order valence-electron chi connectivity index (χ2n) is 8.41. The lowest BCUT2D eigenvalue weighted by atomic mass is 10.0. The molecule has 0 unspecified atom stereocenters. The average molecular weight is 467 g/mol. The second kappa shape index (κ2) is 13.1. The summed E-state index contributed by atoms with van der Waals surface area (Å²) in [6.45, 7) is 12.3. The molecule has 0 aromatic heterocycles. The molecule has 183 valence electrons. The van der Waals surface area contributed by atoms with Gasteiger partial charge in [-0.25, -0.2) is 0 Å². The van der Waals surface area contributed by atoms with Crippen LogP contribution in [0, 0.1) is 27.4 Å². The lowest BCUT2D eigenvalue weighted by Gasteiger charge is -2.24. The Morgan fingerprint density at radius 1 is 0.882 bits per heavy atom. The Morgan fingerprint density at radius 2 is 1.53 bits per heavy atom. The van der Waals surface area contributed by atoms with Crippen LogP contribution in [-0.4, -0.2) is 57.5 Å².